The number of esters is 1. The van der Waals surface area contributed by atoms with Gasteiger partial charge in [0.05, 0.1) is 23.2 Å². The third kappa shape index (κ3) is 4.35. The predicted octanol–water partition coefficient (Wildman–Crippen LogP) is 3.09. The summed E-state index contributed by atoms with van der Waals surface area (Å²) in [6.07, 6.45) is 3.18. The molecule has 2 aromatic rings. The Morgan fingerprint density at radius 1 is 1.03 bits per heavy atom. The number of nitrogens with zero attached hydrogens (tertiary/aromatic N) is 1. The van der Waals surface area contributed by atoms with Crippen molar-refractivity contribution in [2.45, 2.75) is 51.3 Å². The molecule has 0 radical (unpaired) electrons. The minimum Gasteiger partial charge on any atom is -0.449 e. The summed E-state index contributed by atoms with van der Waals surface area (Å²) in [5.41, 5.74) is 1.64. The van der Waals surface area contributed by atoms with Crippen LogP contribution in [0.1, 0.15) is 69.2 Å². The first-order valence-electron chi connectivity index (χ1n) is 10.5. The molecule has 7 nitrogen and oxygen atoms in total. The SMILES string of the molecule is CC(OC(=O)c1cccc(CN2C(=O)c3ccccc3C2=O)c1)C(=O)NC1CCCC1. The molecule has 160 valence electrons. The maximum atomic E-state index is 12.6. The summed E-state index contributed by atoms with van der Waals surface area (Å²) < 4.78 is 5.33. The van der Waals surface area contributed by atoms with Crippen molar-refractivity contribution in [3.05, 3.63) is 70.8 Å². The number of hydrogen-bond acceptors (Lipinski definition) is 5. The summed E-state index contributed by atoms with van der Waals surface area (Å²) in [6.45, 7) is 1.59. The Morgan fingerprint density at radius 2 is 1.68 bits per heavy atom. The molecule has 0 aromatic heterocycles. The first kappa shape index (κ1) is 20.8. The van der Waals surface area contributed by atoms with Gasteiger partial charge in [-0.05, 0) is 49.6 Å². The number of imide groups is 1. The zero-order valence-corrected chi connectivity index (χ0v) is 17.3. The fourth-order valence-corrected chi connectivity index (χ4v) is 4.03. The third-order valence-corrected chi connectivity index (χ3v) is 5.74. The van der Waals surface area contributed by atoms with Crippen molar-refractivity contribution < 1.29 is 23.9 Å². The van der Waals surface area contributed by atoms with E-state index in [1.54, 1.807) is 55.5 Å². The van der Waals surface area contributed by atoms with Crippen molar-refractivity contribution in [1.82, 2.24) is 10.2 Å². The normalized spacial score (nSPS) is 16.9. The van der Waals surface area contributed by atoms with Crippen LogP contribution in [0.3, 0.4) is 0 Å². The van der Waals surface area contributed by atoms with E-state index in [1.807, 2.05) is 0 Å². The number of hydrogen-bond donors (Lipinski definition) is 1. The van der Waals surface area contributed by atoms with E-state index >= 15 is 0 Å². The third-order valence-electron chi connectivity index (χ3n) is 5.74. The van der Waals surface area contributed by atoms with Gasteiger partial charge in [-0.25, -0.2) is 4.79 Å². The molecule has 1 N–H and O–H groups in total. The van der Waals surface area contributed by atoms with Crippen LogP contribution in [0.2, 0.25) is 0 Å². The number of benzene rings is 2. The molecular weight excluding hydrogens is 396 g/mol. The molecule has 7 heteroatoms. The zero-order chi connectivity index (χ0) is 22.0. The molecule has 1 aliphatic heterocycles. The molecular formula is C24H24N2O5. The number of fused-ring (bicyclic) bond motifs is 1. The summed E-state index contributed by atoms with van der Waals surface area (Å²) in [4.78, 5) is 51.1. The van der Waals surface area contributed by atoms with Crippen LogP contribution < -0.4 is 5.32 Å². The smallest absolute Gasteiger partial charge is 0.338 e. The van der Waals surface area contributed by atoms with Crippen LogP contribution in [0.15, 0.2) is 48.5 Å². The Hall–Kier alpha value is -3.48. The monoisotopic (exact) mass is 420 g/mol. The van der Waals surface area contributed by atoms with Gasteiger partial charge in [0.2, 0.25) is 0 Å². The first-order valence-corrected chi connectivity index (χ1v) is 10.5. The van der Waals surface area contributed by atoms with Gasteiger partial charge < -0.3 is 10.1 Å². The van der Waals surface area contributed by atoms with Crippen molar-refractivity contribution in [2.75, 3.05) is 0 Å². The van der Waals surface area contributed by atoms with Crippen molar-refractivity contribution in [3.8, 4) is 0 Å². The number of rotatable bonds is 6. The minimum atomic E-state index is -0.909. The highest BCUT2D eigenvalue weighted by Gasteiger charge is 2.35. The fraction of sp³-hybridized carbons (Fsp3) is 0.333. The zero-order valence-electron chi connectivity index (χ0n) is 17.3. The summed E-state index contributed by atoms with van der Waals surface area (Å²) in [5.74, 6) is -1.64. The largest absolute Gasteiger partial charge is 0.449 e. The molecule has 1 saturated carbocycles. The summed E-state index contributed by atoms with van der Waals surface area (Å²) in [5, 5.41) is 2.92. The lowest BCUT2D eigenvalue weighted by Gasteiger charge is -2.17. The van der Waals surface area contributed by atoms with Gasteiger partial charge in [0.15, 0.2) is 6.10 Å². The predicted molar refractivity (Wildman–Crippen MR) is 112 cm³/mol. The molecule has 3 amide bonds. The van der Waals surface area contributed by atoms with Gasteiger partial charge in [-0.1, -0.05) is 37.1 Å². The van der Waals surface area contributed by atoms with E-state index in [1.165, 1.54) is 0 Å². The van der Waals surface area contributed by atoms with Crippen LogP contribution in [-0.2, 0) is 16.1 Å². The average Bonchev–Trinajstić information content (AvgIpc) is 3.37. The molecule has 0 bridgehead atoms. The molecule has 1 aliphatic carbocycles. The van der Waals surface area contributed by atoms with Crippen LogP contribution in [0, 0.1) is 0 Å². The van der Waals surface area contributed by atoms with Gasteiger partial charge in [0.25, 0.3) is 17.7 Å². The fourth-order valence-electron chi connectivity index (χ4n) is 4.03. The highest BCUT2D eigenvalue weighted by atomic mass is 16.5. The molecule has 31 heavy (non-hydrogen) atoms. The first-order chi connectivity index (χ1) is 14.9. The molecule has 1 fully saturated rings. The molecule has 2 aliphatic rings. The second-order valence-electron chi connectivity index (χ2n) is 7.98. The van der Waals surface area contributed by atoms with Gasteiger partial charge in [-0.15, -0.1) is 0 Å². The van der Waals surface area contributed by atoms with Crippen LogP contribution in [0.25, 0.3) is 0 Å². The maximum Gasteiger partial charge on any atom is 0.338 e. The molecule has 1 unspecified atom stereocenters. The minimum absolute atomic E-state index is 0.0468. The van der Waals surface area contributed by atoms with E-state index in [9.17, 15) is 19.2 Å². The van der Waals surface area contributed by atoms with E-state index < -0.39 is 12.1 Å². The Labute approximate surface area is 180 Å². The van der Waals surface area contributed by atoms with Crippen LogP contribution in [0.4, 0.5) is 0 Å². The van der Waals surface area contributed by atoms with Gasteiger partial charge in [-0.2, -0.15) is 0 Å². The second kappa shape index (κ2) is 8.71. The lowest BCUT2D eigenvalue weighted by atomic mass is 10.1. The Kier molecular flexibility index (Phi) is 5.84. The summed E-state index contributed by atoms with van der Waals surface area (Å²) >= 11 is 0. The molecule has 4 rings (SSSR count). The Balaban J connectivity index is 1.40. The van der Waals surface area contributed by atoms with Gasteiger partial charge in [-0.3, -0.25) is 19.3 Å². The van der Waals surface area contributed by atoms with E-state index in [0.29, 0.717) is 16.7 Å². The second-order valence-corrected chi connectivity index (χ2v) is 7.98. The molecule has 2 aromatic carbocycles. The number of carbonyl (C=O) groups is 4. The van der Waals surface area contributed by atoms with Gasteiger partial charge >= 0.3 is 5.97 Å². The number of ether oxygens (including phenoxy) is 1. The van der Waals surface area contributed by atoms with Crippen molar-refractivity contribution >= 4 is 23.7 Å². The van der Waals surface area contributed by atoms with Crippen molar-refractivity contribution in [2.24, 2.45) is 0 Å². The summed E-state index contributed by atoms with van der Waals surface area (Å²) in [6, 6.07) is 13.4. The van der Waals surface area contributed by atoms with E-state index in [2.05, 4.69) is 5.32 Å². The molecule has 0 spiro atoms. The van der Waals surface area contributed by atoms with Crippen LogP contribution in [-0.4, -0.2) is 40.7 Å². The van der Waals surface area contributed by atoms with Gasteiger partial charge in [0.1, 0.15) is 0 Å². The summed E-state index contributed by atoms with van der Waals surface area (Å²) in [7, 11) is 0. The lowest BCUT2D eigenvalue weighted by molar-refractivity contribution is -0.129. The van der Waals surface area contributed by atoms with Crippen molar-refractivity contribution in [3.63, 3.8) is 0 Å². The quantitative estimate of drug-likeness (QED) is 0.573. The van der Waals surface area contributed by atoms with E-state index in [4.69, 9.17) is 4.74 Å². The van der Waals surface area contributed by atoms with E-state index in [0.717, 1.165) is 30.6 Å². The highest BCUT2D eigenvalue weighted by Crippen LogP contribution is 2.24. The van der Waals surface area contributed by atoms with Crippen LogP contribution in [0.5, 0.6) is 0 Å². The van der Waals surface area contributed by atoms with E-state index in [-0.39, 0.29) is 35.9 Å². The number of nitrogens with one attached hydrogen (secondary N) is 1. The Bertz CT molecular complexity index is 1010. The standard InChI is InChI=1S/C24H24N2O5/c1-15(21(27)25-18-9-2-3-10-18)31-24(30)17-8-6-7-16(13-17)14-26-22(28)19-11-4-5-12-20(19)23(26)29/h4-8,11-13,15,18H,2-3,9-10,14H2,1H3,(H,25,27). The molecule has 1 atom stereocenters. The lowest BCUT2D eigenvalue weighted by Crippen LogP contribution is -2.40. The Morgan fingerprint density at radius 3 is 2.32 bits per heavy atom. The number of carbonyl (C=O) groups excluding carboxylic acids is 4. The van der Waals surface area contributed by atoms with Crippen LogP contribution >= 0.6 is 0 Å². The van der Waals surface area contributed by atoms with Crippen molar-refractivity contribution in [1.29, 1.82) is 0 Å². The van der Waals surface area contributed by atoms with Gasteiger partial charge in [0, 0.05) is 6.04 Å². The topological polar surface area (TPSA) is 92.8 Å². The highest BCUT2D eigenvalue weighted by molar-refractivity contribution is 6.21. The molecule has 0 saturated heterocycles. The number of amides is 3. The molecule has 1 heterocycles. The average molecular weight is 420 g/mol. The maximum absolute atomic E-state index is 12.6.